The number of ether oxygens (including phenoxy) is 7. The van der Waals surface area contributed by atoms with Gasteiger partial charge in [0.2, 0.25) is 0 Å². The van der Waals surface area contributed by atoms with Crippen molar-refractivity contribution < 1.29 is 61.9 Å². The number of benzene rings is 2. The summed E-state index contributed by atoms with van der Waals surface area (Å²) in [7, 11) is 2.29. The molecule has 0 saturated carbocycles. The van der Waals surface area contributed by atoms with Crippen molar-refractivity contribution in [1.29, 1.82) is 0 Å². The number of unbranched alkanes of at least 4 members (excludes halogenated alkanes) is 3. The Morgan fingerprint density at radius 2 is 1.20 bits per heavy atom. The Morgan fingerprint density at radius 1 is 0.650 bits per heavy atom. The van der Waals surface area contributed by atoms with Crippen LogP contribution in [0.15, 0.2) is 85.0 Å². The first-order chi connectivity index (χ1) is 28.7. The Balaban J connectivity index is 1.98. The summed E-state index contributed by atoms with van der Waals surface area (Å²) in [5.74, 6) is -3.68. The normalized spacial score (nSPS) is 13.3. The first-order valence-electron chi connectivity index (χ1n) is 20.1. The lowest BCUT2D eigenvalue weighted by Gasteiger charge is -2.32. The van der Waals surface area contributed by atoms with E-state index in [1.165, 1.54) is 50.2 Å². The SMILES string of the molecule is C=C(C)C(=O)OCCCc1cc(-c2ccc3c(c2)CC(CCCCCC)C3)ccc1OCC(COC(=O)/C=C/C(=O)OC)(COC(=O)/C=C/C(=O)OC)COC(=O)C(=C)C. The number of aryl methyl sites for hydroxylation is 1. The predicted molar refractivity (Wildman–Crippen MR) is 224 cm³/mol. The van der Waals surface area contributed by atoms with E-state index in [9.17, 15) is 28.8 Å². The van der Waals surface area contributed by atoms with Crippen LogP contribution >= 0.6 is 0 Å². The third-order valence-electron chi connectivity index (χ3n) is 9.80. The quantitative estimate of drug-likeness (QED) is 0.0430. The highest BCUT2D eigenvalue weighted by molar-refractivity contribution is 5.92. The van der Waals surface area contributed by atoms with Gasteiger partial charge in [0.05, 0.1) is 20.8 Å². The molecular weight excluding hydrogens is 773 g/mol. The average molecular weight is 831 g/mol. The highest BCUT2D eigenvalue weighted by Gasteiger charge is 2.37. The first-order valence-corrected chi connectivity index (χ1v) is 20.1. The van der Waals surface area contributed by atoms with Gasteiger partial charge in [-0.05, 0) is 91.8 Å². The van der Waals surface area contributed by atoms with Gasteiger partial charge in [0.1, 0.15) is 37.6 Å². The minimum Gasteiger partial charge on any atom is -0.492 e. The van der Waals surface area contributed by atoms with Gasteiger partial charge in [0.25, 0.3) is 0 Å². The van der Waals surface area contributed by atoms with Crippen LogP contribution in [0, 0.1) is 11.3 Å². The van der Waals surface area contributed by atoms with Crippen molar-refractivity contribution >= 4 is 35.8 Å². The largest absolute Gasteiger partial charge is 0.492 e. The summed E-state index contributed by atoms with van der Waals surface area (Å²) in [4.78, 5) is 73.4. The Bertz CT molecular complexity index is 1880. The molecule has 1 aliphatic rings. The molecule has 60 heavy (non-hydrogen) atoms. The highest BCUT2D eigenvalue weighted by atomic mass is 16.6. The molecule has 0 fully saturated rings. The standard InChI is InChI=1S/C47H58O13/c1-8-9-10-11-13-34-24-35-15-16-36(27-39(35)25-34)37-17-18-40(38(26-37)14-12-23-56-45(52)32(2)3)57-28-47(31-60-46(53)33(4)5,29-58-43(50)21-19-41(48)54-6)30-59-44(51)22-20-42(49)55-7/h15-22,26-27,34H,2,4,8-14,23-25,28-31H2,1,3,5-7H3/b21-19+,22-20+. The van der Waals surface area contributed by atoms with Gasteiger partial charge >= 0.3 is 35.8 Å². The van der Waals surface area contributed by atoms with Crippen molar-refractivity contribution in [3.63, 3.8) is 0 Å². The maximum absolute atomic E-state index is 12.7. The summed E-state index contributed by atoms with van der Waals surface area (Å²) in [6.45, 7) is 10.8. The molecule has 1 unspecified atom stereocenters. The number of esters is 6. The molecule has 13 nitrogen and oxygen atoms in total. The van der Waals surface area contributed by atoms with E-state index in [1.807, 2.05) is 12.1 Å². The Morgan fingerprint density at radius 3 is 1.80 bits per heavy atom. The maximum atomic E-state index is 12.7. The van der Waals surface area contributed by atoms with E-state index in [0.29, 0.717) is 24.5 Å². The summed E-state index contributed by atoms with van der Waals surface area (Å²) in [6.07, 6.45) is 12.6. The third-order valence-corrected chi connectivity index (χ3v) is 9.80. The van der Waals surface area contributed by atoms with Gasteiger partial charge < -0.3 is 33.2 Å². The van der Waals surface area contributed by atoms with Crippen LogP contribution in [-0.4, -0.2) is 83.1 Å². The smallest absolute Gasteiger partial charge is 0.333 e. The molecule has 0 radical (unpaired) electrons. The fraction of sp³-hybridized carbons (Fsp3) is 0.447. The van der Waals surface area contributed by atoms with E-state index in [1.54, 1.807) is 13.0 Å². The van der Waals surface area contributed by atoms with E-state index < -0.39 is 61.1 Å². The van der Waals surface area contributed by atoms with Crippen molar-refractivity contribution in [1.82, 2.24) is 0 Å². The van der Waals surface area contributed by atoms with Crippen LogP contribution in [0.3, 0.4) is 0 Å². The number of methoxy groups -OCH3 is 2. The summed E-state index contributed by atoms with van der Waals surface area (Å²) < 4.78 is 37.3. The second-order valence-corrected chi connectivity index (χ2v) is 15.0. The zero-order chi connectivity index (χ0) is 44.1. The van der Waals surface area contributed by atoms with Gasteiger partial charge in [-0.25, -0.2) is 28.8 Å². The van der Waals surface area contributed by atoms with E-state index in [-0.39, 0.29) is 24.4 Å². The molecule has 2 aromatic rings. The predicted octanol–water partition coefficient (Wildman–Crippen LogP) is 7.12. The topological polar surface area (TPSA) is 167 Å². The maximum Gasteiger partial charge on any atom is 0.333 e. The summed E-state index contributed by atoms with van der Waals surface area (Å²) in [5, 5.41) is 0. The number of hydrogen-bond acceptors (Lipinski definition) is 13. The molecule has 0 aliphatic heterocycles. The zero-order valence-electron chi connectivity index (χ0n) is 35.5. The molecule has 13 heteroatoms. The van der Waals surface area contributed by atoms with Gasteiger partial charge in [-0.1, -0.05) is 70.0 Å². The molecule has 0 saturated heterocycles. The van der Waals surface area contributed by atoms with Crippen LogP contribution in [0.25, 0.3) is 11.1 Å². The van der Waals surface area contributed by atoms with Gasteiger partial charge in [-0.2, -0.15) is 0 Å². The van der Waals surface area contributed by atoms with Crippen LogP contribution in [0.4, 0.5) is 0 Å². The molecule has 1 atom stereocenters. The highest BCUT2D eigenvalue weighted by Crippen LogP contribution is 2.35. The first kappa shape index (κ1) is 48.4. The van der Waals surface area contributed by atoms with E-state index in [2.05, 4.69) is 47.8 Å². The second kappa shape index (κ2) is 24.8. The molecule has 0 spiro atoms. The lowest BCUT2D eigenvalue weighted by Crippen LogP contribution is -2.44. The Kier molecular flexibility index (Phi) is 20.0. The van der Waals surface area contributed by atoms with E-state index in [4.69, 9.17) is 23.7 Å². The van der Waals surface area contributed by atoms with Crippen LogP contribution < -0.4 is 4.74 Å². The van der Waals surface area contributed by atoms with Crippen LogP contribution in [0.5, 0.6) is 5.75 Å². The molecule has 0 heterocycles. The average Bonchev–Trinajstić information content (AvgIpc) is 3.66. The fourth-order valence-electron chi connectivity index (χ4n) is 6.37. The molecular formula is C47H58O13. The lowest BCUT2D eigenvalue weighted by atomic mass is 9.91. The molecule has 0 aromatic heterocycles. The number of rotatable bonds is 25. The minimum atomic E-state index is -1.53. The number of hydrogen-bond donors (Lipinski definition) is 0. The number of fused-ring (bicyclic) bond motifs is 1. The molecule has 1 aliphatic carbocycles. The van der Waals surface area contributed by atoms with Crippen LogP contribution in [0.1, 0.15) is 76.0 Å². The lowest BCUT2D eigenvalue weighted by molar-refractivity contribution is -0.159. The van der Waals surface area contributed by atoms with Crippen LogP contribution in [0.2, 0.25) is 0 Å². The number of carbonyl (C=O) groups excluding carboxylic acids is 6. The molecule has 0 amide bonds. The fourth-order valence-corrected chi connectivity index (χ4v) is 6.37. The number of carbonyl (C=O) groups is 6. The molecule has 0 bridgehead atoms. The summed E-state index contributed by atoms with van der Waals surface area (Å²) in [6, 6.07) is 12.3. The van der Waals surface area contributed by atoms with E-state index in [0.717, 1.165) is 68.1 Å². The third kappa shape index (κ3) is 16.3. The summed E-state index contributed by atoms with van der Waals surface area (Å²) >= 11 is 0. The van der Waals surface area contributed by atoms with Gasteiger partial charge in [-0.15, -0.1) is 0 Å². The van der Waals surface area contributed by atoms with Crippen molar-refractivity contribution in [3.05, 3.63) is 102 Å². The minimum absolute atomic E-state index is 0.0834. The van der Waals surface area contributed by atoms with Crippen molar-refractivity contribution in [2.75, 3.05) is 47.3 Å². The molecule has 324 valence electrons. The molecule has 2 aromatic carbocycles. The van der Waals surface area contributed by atoms with Gasteiger partial charge in [0.15, 0.2) is 0 Å². The van der Waals surface area contributed by atoms with Crippen molar-refractivity contribution in [3.8, 4) is 16.9 Å². The monoisotopic (exact) mass is 830 g/mol. The Labute approximate surface area is 352 Å². The molecule has 3 rings (SSSR count). The van der Waals surface area contributed by atoms with E-state index >= 15 is 0 Å². The van der Waals surface area contributed by atoms with Crippen molar-refractivity contribution in [2.45, 2.75) is 78.6 Å². The van der Waals surface area contributed by atoms with Gasteiger partial charge in [0, 0.05) is 35.5 Å². The zero-order valence-corrected chi connectivity index (χ0v) is 35.5. The van der Waals surface area contributed by atoms with Gasteiger partial charge in [-0.3, -0.25) is 0 Å². The summed E-state index contributed by atoms with van der Waals surface area (Å²) in [5.41, 5.74) is 4.32. The van der Waals surface area contributed by atoms with Crippen molar-refractivity contribution in [2.24, 2.45) is 11.3 Å². The Hall–Kier alpha value is -5.98. The molecule has 0 N–H and O–H groups in total. The second-order valence-electron chi connectivity index (χ2n) is 15.0. The van der Waals surface area contributed by atoms with Crippen LogP contribution in [-0.2, 0) is 76.5 Å².